The quantitative estimate of drug-likeness (QED) is 0.826. The van der Waals surface area contributed by atoms with Gasteiger partial charge in [-0.1, -0.05) is 31.9 Å². The summed E-state index contributed by atoms with van der Waals surface area (Å²) >= 11 is 0. The Morgan fingerprint density at radius 3 is 2.88 bits per heavy atom. The van der Waals surface area contributed by atoms with Gasteiger partial charge in [-0.25, -0.2) is 4.98 Å². The van der Waals surface area contributed by atoms with Crippen LogP contribution in [0.1, 0.15) is 32.6 Å². The highest BCUT2D eigenvalue weighted by molar-refractivity contribution is 5.77. The maximum absolute atomic E-state index is 4.57. The van der Waals surface area contributed by atoms with Gasteiger partial charge < -0.3 is 10.3 Å². The molecule has 1 fully saturated rings. The Morgan fingerprint density at radius 1 is 1.24 bits per heavy atom. The molecule has 1 aromatic carbocycles. The number of aromatic nitrogens is 2. The van der Waals surface area contributed by atoms with Crippen molar-refractivity contribution in [1.29, 1.82) is 0 Å². The van der Waals surface area contributed by atoms with E-state index in [1.54, 1.807) is 0 Å². The summed E-state index contributed by atoms with van der Waals surface area (Å²) in [5, 5.41) is 3.55. The van der Waals surface area contributed by atoms with E-state index in [1.807, 2.05) is 18.2 Å². The van der Waals surface area contributed by atoms with Crippen LogP contribution in [0.5, 0.6) is 0 Å². The Labute approximate surface area is 102 Å². The number of aromatic amines is 1. The number of rotatable bonds is 2. The van der Waals surface area contributed by atoms with E-state index in [-0.39, 0.29) is 0 Å². The Morgan fingerprint density at radius 2 is 2.06 bits per heavy atom. The van der Waals surface area contributed by atoms with Crippen LogP contribution in [0.2, 0.25) is 0 Å². The van der Waals surface area contributed by atoms with Crippen molar-refractivity contribution in [3.8, 4) is 0 Å². The maximum atomic E-state index is 4.57. The molecule has 3 heteroatoms. The molecule has 0 spiro atoms. The molecule has 2 N–H and O–H groups in total. The summed E-state index contributed by atoms with van der Waals surface area (Å²) in [7, 11) is 0. The van der Waals surface area contributed by atoms with Crippen LogP contribution in [0, 0.1) is 5.92 Å². The number of nitrogens with one attached hydrogen (secondary N) is 2. The number of hydrogen-bond donors (Lipinski definition) is 2. The minimum Gasteiger partial charge on any atom is -0.353 e. The standard InChI is InChI=1S/C14H19N3/c1-10-6-2-3-7-11(10)15-14-16-12-8-4-5-9-13(12)17-14/h4-5,8-11H,2-3,6-7H2,1H3,(H2,15,16,17). The van der Waals surface area contributed by atoms with Crippen LogP contribution in [-0.2, 0) is 0 Å². The third kappa shape index (κ3) is 2.14. The van der Waals surface area contributed by atoms with Crippen LogP contribution >= 0.6 is 0 Å². The Bertz CT molecular complexity index is 470. The number of hydrogen-bond acceptors (Lipinski definition) is 2. The predicted molar refractivity (Wildman–Crippen MR) is 71.1 cm³/mol. The van der Waals surface area contributed by atoms with E-state index in [1.165, 1.54) is 25.7 Å². The summed E-state index contributed by atoms with van der Waals surface area (Å²) < 4.78 is 0. The Balaban J connectivity index is 1.79. The number of para-hydroxylation sites is 2. The molecular weight excluding hydrogens is 210 g/mol. The first-order valence-electron chi connectivity index (χ1n) is 6.54. The molecule has 1 saturated carbocycles. The van der Waals surface area contributed by atoms with E-state index in [0.29, 0.717) is 6.04 Å². The van der Waals surface area contributed by atoms with Crippen LogP contribution in [-0.4, -0.2) is 16.0 Å². The average molecular weight is 229 g/mol. The smallest absolute Gasteiger partial charge is 0.201 e. The van der Waals surface area contributed by atoms with Crippen molar-refractivity contribution in [2.24, 2.45) is 5.92 Å². The number of fused-ring (bicyclic) bond motifs is 1. The molecule has 3 rings (SSSR count). The van der Waals surface area contributed by atoms with Gasteiger partial charge in [0.1, 0.15) is 0 Å². The van der Waals surface area contributed by atoms with E-state index in [4.69, 9.17) is 0 Å². The minimum absolute atomic E-state index is 0.573. The topological polar surface area (TPSA) is 40.7 Å². The highest BCUT2D eigenvalue weighted by atomic mass is 15.1. The lowest BCUT2D eigenvalue weighted by Crippen LogP contribution is -2.30. The molecule has 2 atom stereocenters. The molecule has 0 bridgehead atoms. The number of benzene rings is 1. The monoisotopic (exact) mass is 229 g/mol. The number of anilines is 1. The number of H-pyrrole nitrogens is 1. The third-order valence-electron chi connectivity index (χ3n) is 3.82. The van der Waals surface area contributed by atoms with Crippen molar-refractivity contribution in [2.75, 3.05) is 5.32 Å². The predicted octanol–water partition coefficient (Wildman–Crippen LogP) is 3.55. The summed E-state index contributed by atoms with van der Waals surface area (Å²) in [6, 6.07) is 8.74. The molecule has 1 aromatic heterocycles. The van der Waals surface area contributed by atoms with Gasteiger partial charge in [0.2, 0.25) is 5.95 Å². The zero-order chi connectivity index (χ0) is 11.7. The van der Waals surface area contributed by atoms with Gasteiger partial charge in [-0.2, -0.15) is 0 Å². The second-order valence-corrected chi connectivity index (χ2v) is 5.12. The number of imidazole rings is 1. The average Bonchev–Trinajstić information content (AvgIpc) is 2.74. The minimum atomic E-state index is 0.573. The van der Waals surface area contributed by atoms with Crippen LogP contribution in [0.15, 0.2) is 24.3 Å². The highest BCUT2D eigenvalue weighted by Crippen LogP contribution is 2.26. The fourth-order valence-corrected chi connectivity index (χ4v) is 2.73. The van der Waals surface area contributed by atoms with Crippen molar-refractivity contribution in [3.05, 3.63) is 24.3 Å². The molecule has 0 amide bonds. The van der Waals surface area contributed by atoms with Crippen LogP contribution in [0.25, 0.3) is 11.0 Å². The van der Waals surface area contributed by atoms with Crippen molar-refractivity contribution in [2.45, 2.75) is 38.6 Å². The van der Waals surface area contributed by atoms with E-state index >= 15 is 0 Å². The van der Waals surface area contributed by atoms with E-state index in [0.717, 1.165) is 22.9 Å². The molecule has 2 unspecified atom stereocenters. The van der Waals surface area contributed by atoms with Crippen LogP contribution in [0.3, 0.4) is 0 Å². The molecule has 1 aliphatic carbocycles. The zero-order valence-electron chi connectivity index (χ0n) is 10.2. The SMILES string of the molecule is CC1CCCCC1Nc1nc2ccccc2[nH]1. The van der Waals surface area contributed by atoms with Crippen molar-refractivity contribution < 1.29 is 0 Å². The maximum Gasteiger partial charge on any atom is 0.201 e. The first kappa shape index (κ1) is 10.6. The second-order valence-electron chi connectivity index (χ2n) is 5.12. The third-order valence-corrected chi connectivity index (χ3v) is 3.82. The van der Waals surface area contributed by atoms with Crippen molar-refractivity contribution >= 4 is 17.0 Å². The highest BCUT2D eigenvalue weighted by Gasteiger charge is 2.21. The van der Waals surface area contributed by atoms with Gasteiger partial charge in [-0.3, -0.25) is 0 Å². The van der Waals surface area contributed by atoms with E-state index < -0.39 is 0 Å². The molecule has 17 heavy (non-hydrogen) atoms. The lowest BCUT2D eigenvalue weighted by molar-refractivity contribution is 0.348. The first-order chi connectivity index (χ1) is 8.33. The summed E-state index contributed by atoms with van der Waals surface area (Å²) in [6.45, 7) is 2.33. The molecule has 0 radical (unpaired) electrons. The van der Waals surface area contributed by atoms with E-state index in [9.17, 15) is 0 Å². The molecular formula is C14H19N3. The molecule has 1 heterocycles. The molecule has 2 aromatic rings. The fourth-order valence-electron chi connectivity index (χ4n) is 2.73. The molecule has 0 aliphatic heterocycles. The van der Waals surface area contributed by atoms with E-state index in [2.05, 4.69) is 28.3 Å². The zero-order valence-corrected chi connectivity index (χ0v) is 10.2. The molecule has 3 nitrogen and oxygen atoms in total. The fraction of sp³-hybridized carbons (Fsp3) is 0.500. The lowest BCUT2D eigenvalue weighted by atomic mass is 9.86. The van der Waals surface area contributed by atoms with Crippen LogP contribution in [0.4, 0.5) is 5.95 Å². The normalized spacial score (nSPS) is 25.0. The Kier molecular flexibility index (Phi) is 2.75. The largest absolute Gasteiger partial charge is 0.353 e. The molecule has 0 saturated heterocycles. The van der Waals surface area contributed by atoms with Gasteiger partial charge in [0, 0.05) is 6.04 Å². The summed E-state index contributed by atoms with van der Waals surface area (Å²) in [4.78, 5) is 7.92. The second kappa shape index (κ2) is 4.40. The first-order valence-corrected chi connectivity index (χ1v) is 6.54. The molecule has 1 aliphatic rings. The summed E-state index contributed by atoms with van der Waals surface area (Å²) in [5.74, 6) is 1.67. The van der Waals surface area contributed by atoms with Gasteiger partial charge in [0.05, 0.1) is 11.0 Å². The summed E-state index contributed by atoms with van der Waals surface area (Å²) in [5.41, 5.74) is 2.15. The number of nitrogens with zero attached hydrogens (tertiary/aromatic N) is 1. The summed E-state index contributed by atoms with van der Waals surface area (Å²) in [6.07, 6.45) is 5.30. The molecule has 90 valence electrons. The van der Waals surface area contributed by atoms with Gasteiger partial charge in [0.25, 0.3) is 0 Å². The van der Waals surface area contributed by atoms with Crippen molar-refractivity contribution in [1.82, 2.24) is 9.97 Å². The van der Waals surface area contributed by atoms with Gasteiger partial charge in [-0.15, -0.1) is 0 Å². The lowest BCUT2D eigenvalue weighted by Gasteiger charge is -2.29. The van der Waals surface area contributed by atoms with Crippen molar-refractivity contribution in [3.63, 3.8) is 0 Å². The van der Waals surface area contributed by atoms with Gasteiger partial charge in [-0.05, 0) is 30.9 Å². The van der Waals surface area contributed by atoms with Gasteiger partial charge >= 0.3 is 0 Å². The van der Waals surface area contributed by atoms with Gasteiger partial charge in [0.15, 0.2) is 0 Å². The Hall–Kier alpha value is -1.51. The van der Waals surface area contributed by atoms with Crippen LogP contribution < -0.4 is 5.32 Å².